The van der Waals surface area contributed by atoms with Gasteiger partial charge in [0, 0.05) is 17.3 Å². The number of para-hydroxylation sites is 1. The largest absolute Gasteiger partial charge is 0.356 e. The Morgan fingerprint density at radius 2 is 1.79 bits per heavy atom. The van der Waals surface area contributed by atoms with Crippen LogP contribution in [0.15, 0.2) is 28.8 Å². The third-order valence-electron chi connectivity index (χ3n) is 6.12. The highest BCUT2D eigenvalue weighted by Crippen LogP contribution is 2.33. The lowest BCUT2D eigenvalue weighted by atomic mass is 9.84. The molecule has 1 aliphatic heterocycles. The second-order valence-electron chi connectivity index (χ2n) is 7.75. The fourth-order valence-corrected chi connectivity index (χ4v) is 4.47. The first-order valence-electron chi connectivity index (χ1n) is 9.62. The Bertz CT molecular complexity index is 652. The van der Waals surface area contributed by atoms with Crippen molar-refractivity contribution in [2.24, 2.45) is 11.7 Å². The highest BCUT2D eigenvalue weighted by Gasteiger charge is 2.25. The normalized spacial score (nSPS) is 26.9. The van der Waals surface area contributed by atoms with E-state index in [2.05, 4.69) is 22.2 Å². The number of hydrogen-bond acceptors (Lipinski definition) is 4. The standard InChI is InChI=1S/C20H29N3O/c21-17-7-5-15(6-8-17)9-12-23-13-10-16(11-14-23)20-18-3-1-2-4-19(18)24-22-20/h1-4,15-17H,5-14,21H2/t15-,17-. The van der Waals surface area contributed by atoms with Gasteiger partial charge in [0.2, 0.25) is 0 Å². The van der Waals surface area contributed by atoms with Crippen molar-refractivity contribution in [3.05, 3.63) is 30.0 Å². The molecule has 0 bridgehead atoms. The van der Waals surface area contributed by atoms with E-state index < -0.39 is 0 Å². The van der Waals surface area contributed by atoms with Crippen LogP contribution in [0.3, 0.4) is 0 Å². The third-order valence-corrected chi connectivity index (χ3v) is 6.12. The molecule has 24 heavy (non-hydrogen) atoms. The predicted octanol–water partition coefficient (Wildman–Crippen LogP) is 3.91. The molecule has 130 valence electrons. The molecule has 2 aliphatic rings. The van der Waals surface area contributed by atoms with E-state index in [1.54, 1.807) is 0 Å². The number of rotatable bonds is 4. The van der Waals surface area contributed by atoms with Crippen LogP contribution in [0.5, 0.6) is 0 Å². The SMILES string of the molecule is N[C@H]1CC[C@H](CCN2CCC(c3noc4ccccc34)CC2)CC1. The molecule has 1 aromatic carbocycles. The van der Waals surface area contributed by atoms with Gasteiger partial charge in [-0.25, -0.2) is 0 Å². The lowest BCUT2D eigenvalue weighted by Gasteiger charge is -2.33. The summed E-state index contributed by atoms with van der Waals surface area (Å²) in [6.07, 6.45) is 8.88. The minimum atomic E-state index is 0.467. The zero-order chi connectivity index (χ0) is 16.4. The molecule has 2 aromatic rings. The Balaban J connectivity index is 1.27. The quantitative estimate of drug-likeness (QED) is 0.925. The lowest BCUT2D eigenvalue weighted by molar-refractivity contribution is 0.184. The number of hydrogen-bond donors (Lipinski definition) is 1. The summed E-state index contributed by atoms with van der Waals surface area (Å²) in [7, 11) is 0. The Morgan fingerprint density at radius 3 is 2.58 bits per heavy atom. The summed E-state index contributed by atoms with van der Waals surface area (Å²) in [5.74, 6) is 1.46. The second kappa shape index (κ2) is 7.24. The summed E-state index contributed by atoms with van der Waals surface area (Å²) in [5.41, 5.74) is 8.11. The van der Waals surface area contributed by atoms with Crippen LogP contribution in [0.25, 0.3) is 11.0 Å². The van der Waals surface area contributed by atoms with Crippen molar-refractivity contribution in [2.45, 2.75) is 56.9 Å². The van der Waals surface area contributed by atoms with Crippen molar-refractivity contribution in [1.82, 2.24) is 10.1 Å². The van der Waals surface area contributed by atoms with Gasteiger partial charge < -0.3 is 15.2 Å². The summed E-state index contributed by atoms with van der Waals surface area (Å²) in [4.78, 5) is 2.65. The van der Waals surface area contributed by atoms with E-state index in [1.807, 2.05) is 12.1 Å². The van der Waals surface area contributed by atoms with Gasteiger partial charge in [0.1, 0.15) is 0 Å². The summed E-state index contributed by atoms with van der Waals surface area (Å²) in [5, 5.41) is 5.57. The monoisotopic (exact) mass is 327 g/mol. The molecular formula is C20H29N3O. The molecule has 1 saturated carbocycles. The van der Waals surface area contributed by atoms with E-state index in [0.29, 0.717) is 12.0 Å². The van der Waals surface area contributed by atoms with Crippen molar-refractivity contribution >= 4 is 11.0 Å². The Morgan fingerprint density at radius 1 is 1.04 bits per heavy atom. The van der Waals surface area contributed by atoms with Gasteiger partial charge in [-0.05, 0) is 82.6 Å². The minimum absolute atomic E-state index is 0.467. The van der Waals surface area contributed by atoms with Crippen LogP contribution >= 0.6 is 0 Å². The number of piperidine rings is 1. The highest BCUT2D eigenvalue weighted by atomic mass is 16.5. The van der Waals surface area contributed by atoms with Gasteiger partial charge in [-0.15, -0.1) is 0 Å². The average Bonchev–Trinajstić information content (AvgIpc) is 3.06. The van der Waals surface area contributed by atoms with Crippen LogP contribution in [0.1, 0.15) is 56.6 Å². The number of likely N-dealkylation sites (tertiary alicyclic amines) is 1. The molecule has 2 heterocycles. The number of fused-ring (bicyclic) bond motifs is 1. The average molecular weight is 327 g/mol. The highest BCUT2D eigenvalue weighted by molar-refractivity contribution is 5.79. The zero-order valence-corrected chi connectivity index (χ0v) is 14.5. The molecule has 0 unspecified atom stereocenters. The number of benzene rings is 1. The van der Waals surface area contributed by atoms with Gasteiger partial charge >= 0.3 is 0 Å². The molecule has 1 aromatic heterocycles. The van der Waals surface area contributed by atoms with Gasteiger partial charge in [-0.1, -0.05) is 17.3 Å². The first kappa shape index (κ1) is 16.1. The summed E-state index contributed by atoms with van der Waals surface area (Å²) < 4.78 is 5.49. The van der Waals surface area contributed by atoms with Crippen LogP contribution < -0.4 is 5.73 Å². The Hall–Kier alpha value is -1.39. The molecule has 0 radical (unpaired) electrons. The first-order chi connectivity index (χ1) is 11.8. The fourth-order valence-electron chi connectivity index (χ4n) is 4.47. The maximum atomic E-state index is 6.01. The molecule has 0 amide bonds. The van der Waals surface area contributed by atoms with Gasteiger partial charge in [0.15, 0.2) is 5.58 Å². The zero-order valence-electron chi connectivity index (χ0n) is 14.5. The summed E-state index contributed by atoms with van der Waals surface area (Å²) in [6, 6.07) is 8.71. The maximum absolute atomic E-state index is 6.01. The Labute approximate surface area is 144 Å². The number of nitrogens with zero attached hydrogens (tertiary/aromatic N) is 2. The molecule has 4 rings (SSSR count). The van der Waals surface area contributed by atoms with E-state index in [4.69, 9.17) is 10.3 Å². The number of nitrogens with two attached hydrogens (primary N) is 1. The molecule has 4 heteroatoms. The van der Waals surface area contributed by atoms with E-state index in [0.717, 1.165) is 11.5 Å². The fraction of sp³-hybridized carbons (Fsp3) is 0.650. The van der Waals surface area contributed by atoms with E-state index >= 15 is 0 Å². The van der Waals surface area contributed by atoms with Crippen molar-refractivity contribution in [3.63, 3.8) is 0 Å². The molecular weight excluding hydrogens is 298 g/mol. The van der Waals surface area contributed by atoms with Crippen LogP contribution in [-0.2, 0) is 0 Å². The number of aromatic nitrogens is 1. The molecule has 2 fully saturated rings. The topological polar surface area (TPSA) is 55.3 Å². The molecule has 1 saturated heterocycles. The van der Waals surface area contributed by atoms with Crippen LogP contribution in [0.4, 0.5) is 0 Å². The van der Waals surface area contributed by atoms with Crippen molar-refractivity contribution in [2.75, 3.05) is 19.6 Å². The van der Waals surface area contributed by atoms with Crippen LogP contribution in [0.2, 0.25) is 0 Å². The van der Waals surface area contributed by atoms with Gasteiger partial charge in [-0.2, -0.15) is 0 Å². The van der Waals surface area contributed by atoms with Crippen molar-refractivity contribution < 1.29 is 4.52 Å². The van der Waals surface area contributed by atoms with Crippen LogP contribution in [-0.4, -0.2) is 35.7 Å². The molecule has 0 spiro atoms. The maximum Gasteiger partial charge on any atom is 0.167 e. The molecule has 4 nitrogen and oxygen atoms in total. The van der Waals surface area contributed by atoms with E-state index in [1.165, 1.54) is 75.7 Å². The smallest absolute Gasteiger partial charge is 0.167 e. The van der Waals surface area contributed by atoms with Crippen LogP contribution in [0, 0.1) is 5.92 Å². The molecule has 2 N–H and O–H groups in total. The van der Waals surface area contributed by atoms with Gasteiger partial charge in [0.25, 0.3) is 0 Å². The van der Waals surface area contributed by atoms with Crippen molar-refractivity contribution in [3.8, 4) is 0 Å². The van der Waals surface area contributed by atoms with Gasteiger partial charge in [0.05, 0.1) is 5.69 Å². The van der Waals surface area contributed by atoms with E-state index in [9.17, 15) is 0 Å². The third kappa shape index (κ3) is 3.50. The summed E-state index contributed by atoms with van der Waals surface area (Å²) >= 11 is 0. The van der Waals surface area contributed by atoms with Crippen molar-refractivity contribution in [1.29, 1.82) is 0 Å². The molecule has 0 atom stereocenters. The molecule has 1 aliphatic carbocycles. The predicted molar refractivity (Wildman–Crippen MR) is 97.0 cm³/mol. The van der Waals surface area contributed by atoms with E-state index in [-0.39, 0.29) is 0 Å². The van der Waals surface area contributed by atoms with Gasteiger partial charge in [-0.3, -0.25) is 0 Å². The lowest BCUT2D eigenvalue weighted by Crippen LogP contribution is -2.35. The summed E-state index contributed by atoms with van der Waals surface area (Å²) in [6.45, 7) is 3.64. The Kier molecular flexibility index (Phi) is 4.86. The second-order valence-corrected chi connectivity index (χ2v) is 7.75. The first-order valence-corrected chi connectivity index (χ1v) is 9.62. The minimum Gasteiger partial charge on any atom is -0.356 e.